The molecule has 3 aromatic carbocycles. The highest BCUT2D eigenvalue weighted by molar-refractivity contribution is 7.55. The summed E-state index contributed by atoms with van der Waals surface area (Å²) in [4.78, 5) is 0. The third-order valence-electron chi connectivity index (χ3n) is 3.96. The number of hydrogen-bond acceptors (Lipinski definition) is 0. The topological polar surface area (TPSA) is 0 Å². The van der Waals surface area contributed by atoms with Gasteiger partial charge in [0.1, 0.15) is 0 Å². The van der Waals surface area contributed by atoms with Crippen LogP contribution >= 0.6 is 42.7 Å². The Kier molecular flexibility index (Phi) is 6.79. The molecule has 0 unspecified atom stereocenters. The predicted octanol–water partition coefficient (Wildman–Crippen LogP) is 8.03. The highest BCUT2D eigenvalue weighted by atomic mass is 35.5. The van der Waals surface area contributed by atoms with E-state index in [4.69, 9.17) is 34.8 Å². The Morgan fingerprint density at radius 2 is 0.680 bits per heavy atom. The summed E-state index contributed by atoms with van der Waals surface area (Å²) < 4.78 is 0. The Morgan fingerprint density at radius 3 is 0.920 bits per heavy atom. The van der Waals surface area contributed by atoms with Crippen molar-refractivity contribution in [3.05, 3.63) is 105 Å². The van der Waals surface area contributed by atoms with E-state index in [0.29, 0.717) is 0 Å². The van der Waals surface area contributed by atoms with E-state index in [1.54, 1.807) is 0 Å². The maximum atomic E-state index is 6.02. The third-order valence-corrected chi connectivity index (χ3v) is 7.15. The third kappa shape index (κ3) is 6.01. The summed E-state index contributed by atoms with van der Waals surface area (Å²) in [5, 5.41) is 2.34. The molecule has 0 N–H and O–H groups in total. The van der Waals surface area contributed by atoms with Crippen LogP contribution in [0.4, 0.5) is 0 Å². The number of hydrogen-bond donors (Lipinski definition) is 0. The van der Waals surface area contributed by atoms with Gasteiger partial charge in [0.2, 0.25) is 0 Å². The van der Waals surface area contributed by atoms with Crippen molar-refractivity contribution in [1.29, 1.82) is 0 Å². The van der Waals surface area contributed by atoms with Crippen LogP contribution < -0.4 is 0 Å². The Labute approximate surface area is 165 Å². The highest BCUT2D eigenvalue weighted by Gasteiger charge is 2.12. The van der Waals surface area contributed by atoms with E-state index in [9.17, 15) is 0 Å². The van der Waals surface area contributed by atoms with E-state index < -0.39 is 0 Å². The summed E-state index contributed by atoms with van der Waals surface area (Å²) in [6.07, 6.45) is 3.20. The van der Waals surface area contributed by atoms with Crippen molar-refractivity contribution in [1.82, 2.24) is 0 Å². The summed E-state index contributed by atoms with van der Waals surface area (Å²) in [5.74, 6) is 0. The van der Waals surface area contributed by atoms with Crippen LogP contribution in [0.2, 0.25) is 15.1 Å². The fraction of sp³-hybridized carbons (Fsp3) is 0.143. The lowest BCUT2D eigenvalue weighted by Gasteiger charge is -2.19. The van der Waals surface area contributed by atoms with E-state index in [2.05, 4.69) is 36.4 Å². The molecule has 0 bridgehead atoms. The molecule has 128 valence electrons. The molecule has 0 aliphatic heterocycles. The molecule has 0 heterocycles. The molecule has 3 aromatic rings. The van der Waals surface area contributed by atoms with E-state index in [1.807, 2.05) is 36.4 Å². The molecule has 0 saturated carbocycles. The van der Waals surface area contributed by atoms with Gasteiger partial charge in [-0.15, -0.1) is 0 Å². The highest BCUT2D eigenvalue weighted by Crippen LogP contribution is 2.46. The minimum absolute atomic E-state index is 0.248. The smallest absolute Gasteiger partial charge is 0.0406 e. The number of rotatable bonds is 6. The summed E-state index contributed by atoms with van der Waals surface area (Å²) in [5.41, 5.74) is 4.00. The molecule has 0 amide bonds. The first-order valence-corrected chi connectivity index (χ1v) is 11.1. The molecule has 0 saturated heterocycles. The van der Waals surface area contributed by atoms with Crippen LogP contribution in [0.15, 0.2) is 72.8 Å². The van der Waals surface area contributed by atoms with Crippen LogP contribution in [0.3, 0.4) is 0 Å². The lowest BCUT2D eigenvalue weighted by Crippen LogP contribution is -1.93. The van der Waals surface area contributed by atoms with Gasteiger partial charge >= 0.3 is 0 Å². The van der Waals surface area contributed by atoms with Crippen molar-refractivity contribution in [2.75, 3.05) is 0 Å². The van der Waals surface area contributed by atoms with E-state index >= 15 is 0 Å². The summed E-state index contributed by atoms with van der Waals surface area (Å²) in [6, 6.07) is 24.6. The van der Waals surface area contributed by atoms with Crippen molar-refractivity contribution in [3.8, 4) is 0 Å². The van der Waals surface area contributed by atoms with Crippen LogP contribution in [0.25, 0.3) is 0 Å². The molecule has 0 spiro atoms. The fourth-order valence-corrected chi connectivity index (χ4v) is 5.61. The van der Waals surface area contributed by atoms with Crippen molar-refractivity contribution in [2.45, 2.75) is 18.5 Å². The molecular weight excluding hydrogens is 390 g/mol. The number of halogens is 3. The van der Waals surface area contributed by atoms with Crippen molar-refractivity contribution >= 4 is 42.7 Å². The second-order valence-corrected chi connectivity index (χ2v) is 9.62. The van der Waals surface area contributed by atoms with Gasteiger partial charge in [-0.3, -0.25) is 0 Å². The van der Waals surface area contributed by atoms with Crippen LogP contribution in [0.1, 0.15) is 16.7 Å². The van der Waals surface area contributed by atoms with Crippen LogP contribution in [0.5, 0.6) is 0 Å². The predicted molar refractivity (Wildman–Crippen MR) is 112 cm³/mol. The number of benzene rings is 3. The molecule has 0 aromatic heterocycles. The van der Waals surface area contributed by atoms with Crippen molar-refractivity contribution in [3.63, 3.8) is 0 Å². The minimum Gasteiger partial charge on any atom is -0.0932 e. The maximum absolute atomic E-state index is 6.02. The lowest BCUT2D eigenvalue weighted by molar-refractivity contribution is 1.26. The van der Waals surface area contributed by atoms with Crippen LogP contribution in [0, 0.1) is 0 Å². The average molecular weight is 408 g/mol. The largest absolute Gasteiger partial charge is 0.0932 e. The Balaban J connectivity index is 1.77. The zero-order chi connectivity index (χ0) is 17.6. The second-order valence-electron chi connectivity index (χ2n) is 6.02. The van der Waals surface area contributed by atoms with Gasteiger partial charge in [0.25, 0.3) is 0 Å². The van der Waals surface area contributed by atoms with Gasteiger partial charge in [0, 0.05) is 15.1 Å². The minimum atomic E-state index is -0.248. The molecule has 0 radical (unpaired) electrons. The van der Waals surface area contributed by atoms with E-state index in [1.165, 1.54) is 16.7 Å². The first kappa shape index (κ1) is 18.7. The van der Waals surface area contributed by atoms with Crippen LogP contribution in [-0.4, -0.2) is 0 Å². The molecule has 3 rings (SSSR count). The molecule has 4 heteroatoms. The first-order valence-electron chi connectivity index (χ1n) is 8.04. The van der Waals surface area contributed by atoms with Gasteiger partial charge in [-0.1, -0.05) is 79.1 Å². The quantitative estimate of drug-likeness (QED) is 0.363. The summed E-state index contributed by atoms with van der Waals surface area (Å²) >= 11 is 18.1. The van der Waals surface area contributed by atoms with Crippen molar-refractivity contribution < 1.29 is 0 Å². The standard InChI is InChI=1S/C21H18Cl3P/c22-19-7-1-16(2-8-19)13-25(14-17-3-9-20(23)10-4-17)15-18-5-11-21(24)12-6-18/h1-12H,13-15H2. The molecule has 0 nitrogen and oxygen atoms in total. The maximum Gasteiger partial charge on any atom is 0.0406 e. The lowest BCUT2D eigenvalue weighted by atomic mass is 10.2. The zero-order valence-electron chi connectivity index (χ0n) is 13.6. The molecule has 0 fully saturated rings. The van der Waals surface area contributed by atoms with E-state index in [0.717, 1.165) is 33.6 Å². The summed E-state index contributed by atoms with van der Waals surface area (Å²) in [7, 11) is -0.248. The Hall–Kier alpha value is -1.04. The average Bonchev–Trinajstić information content (AvgIpc) is 2.61. The first-order chi connectivity index (χ1) is 12.1. The molecule has 25 heavy (non-hydrogen) atoms. The van der Waals surface area contributed by atoms with Gasteiger partial charge < -0.3 is 0 Å². The normalized spacial score (nSPS) is 11.0. The molecule has 0 aliphatic carbocycles. The SMILES string of the molecule is Clc1ccc(CP(Cc2ccc(Cl)cc2)Cc2ccc(Cl)cc2)cc1. The monoisotopic (exact) mass is 406 g/mol. The van der Waals surface area contributed by atoms with Gasteiger partial charge in [-0.2, -0.15) is 0 Å². The molecular formula is C21H18Cl3P. The Morgan fingerprint density at radius 1 is 0.440 bits per heavy atom. The van der Waals surface area contributed by atoms with Crippen LogP contribution in [-0.2, 0) is 18.5 Å². The Bertz CT molecular complexity index is 683. The van der Waals surface area contributed by atoms with Crippen molar-refractivity contribution in [2.24, 2.45) is 0 Å². The second kappa shape index (κ2) is 9.06. The summed E-state index contributed by atoms with van der Waals surface area (Å²) in [6.45, 7) is 0. The molecule has 0 atom stereocenters. The fourth-order valence-electron chi connectivity index (χ4n) is 2.71. The van der Waals surface area contributed by atoms with Gasteiger partial charge in [0.15, 0.2) is 0 Å². The zero-order valence-corrected chi connectivity index (χ0v) is 16.8. The van der Waals surface area contributed by atoms with Gasteiger partial charge in [0.05, 0.1) is 0 Å². The van der Waals surface area contributed by atoms with E-state index in [-0.39, 0.29) is 7.92 Å². The van der Waals surface area contributed by atoms with Gasteiger partial charge in [-0.05, 0) is 71.6 Å². The van der Waals surface area contributed by atoms with Gasteiger partial charge in [-0.25, -0.2) is 0 Å². The molecule has 0 aliphatic rings.